The number of nitrogens with one attached hydrogen (secondary N) is 2. The molecule has 0 aliphatic carbocycles. The fourth-order valence-electron chi connectivity index (χ4n) is 2.67. The first-order valence-corrected chi connectivity index (χ1v) is 9.11. The standard InChI is InChI=1S/C21H29N3O3/c1-5-27-20-15-17(11-12-19(20)26-4)24-21(22-2)23-13-7-9-16-8-6-10-18(14-16)25-3/h6,8,10-12,14-15H,5,7,9,13H2,1-4H3,(H2,22,23,24). The molecule has 0 radical (unpaired) electrons. The van der Waals surface area contributed by atoms with E-state index < -0.39 is 0 Å². The van der Waals surface area contributed by atoms with Crippen LogP contribution in [-0.4, -0.2) is 40.4 Å². The van der Waals surface area contributed by atoms with Crippen molar-refractivity contribution in [2.75, 3.05) is 39.7 Å². The summed E-state index contributed by atoms with van der Waals surface area (Å²) in [6.45, 7) is 3.34. The zero-order chi connectivity index (χ0) is 19.5. The molecule has 0 aliphatic rings. The number of aryl methyl sites for hydroxylation is 1. The number of nitrogens with zero attached hydrogens (tertiary/aromatic N) is 1. The third-order valence-corrected chi connectivity index (χ3v) is 4.02. The predicted octanol–water partition coefficient (Wildman–Crippen LogP) is 3.72. The van der Waals surface area contributed by atoms with E-state index in [9.17, 15) is 0 Å². The van der Waals surface area contributed by atoms with Crippen molar-refractivity contribution < 1.29 is 14.2 Å². The molecule has 2 aromatic rings. The number of anilines is 1. The Labute approximate surface area is 161 Å². The highest BCUT2D eigenvalue weighted by atomic mass is 16.5. The van der Waals surface area contributed by atoms with E-state index in [4.69, 9.17) is 14.2 Å². The normalized spacial score (nSPS) is 11.0. The maximum absolute atomic E-state index is 5.61. The zero-order valence-corrected chi connectivity index (χ0v) is 16.5. The van der Waals surface area contributed by atoms with Gasteiger partial charge in [-0.3, -0.25) is 4.99 Å². The van der Waals surface area contributed by atoms with Gasteiger partial charge in [0.2, 0.25) is 0 Å². The Morgan fingerprint density at radius 1 is 1.04 bits per heavy atom. The second-order valence-electron chi connectivity index (χ2n) is 5.88. The molecular formula is C21H29N3O3. The van der Waals surface area contributed by atoms with Crippen LogP contribution in [0.2, 0.25) is 0 Å². The van der Waals surface area contributed by atoms with Crippen LogP contribution in [0.5, 0.6) is 17.2 Å². The maximum atomic E-state index is 5.61. The molecule has 0 unspecified atom stereocenters. The summed E-state index contributed by atoms with van der Waals surface area (Å²) in [4.78, 5) is 4.28. The van der Waals surface area contributed by atoms with Crippen molar-refractivity contribution in [3.63, 3.8) is 0 Å². The van der Waals surface area contributed by atoms with Gasteiger partial charge in [0.05, 0.1) is 20.8 Å². The highest BCUT2D eigenvalue weighted by Crippen LogP contribution is 2.30. The van der Waals surface area contributed by atoms with E-state index in [-0.39, 0.29) is 0 Å². The second-order valence-corrected chi connectivity index (χ2v) is 5.88. The first-order valence-electron chi connectivity index (χ1n) is 9.11. The molecule has 0 fully saturated rings. The van der Waals surface area contributed by atoms with E-state index in [1.807, 2.05) is 37.3 Å². The van der Waals surface area contributed by atoms with Crippen molar-refractivity contribution in [3.05, 3.63) is 48.0 Å². The molecule has 0 bridgehead atoms. The Hall–Kier alpha value is -2.89. The van der Waals surface area contributed by atoms with E-state index in [0.717, 1.165) is 30.8 Å². The van der Waals surface area contributed by atoms with Gasteiger partial charge < -0.3 is 24.8 Å². The number of ether oxygens (including phenoxy) is 3. The predicted molar refractivity (Wildman–Crippen MR) is 110 cm³/mol. The fourth-order valence-corrected chi connectivity index (χ4v) is 2.67. The first-order chi connectivity index (χ1) is 13.2. The van der Waals surface area contributed by atoms with Gasteiger partial charge in [-0.05, 0) is 49.6 Å². The molecule has 0 aromatic heterocycles. The Bertz CT molecular complexity index is 747. The van der Waals surface area contributed by atoms with Crippen LogP contribution in [0.15, 0.2) is 47.5 Å². The largest absolute Gasteiger partial charge is 0.497 e. The minimum Gasteiger partial charge on any atom is -0.497 e. The van der Waals surface area contributed by atoms with Gasteiger partial charge in [0.1, 0.15) is 5.75 Å². The van der Waals surface area contributed by atoms with Crippen LogP contribution in [0.25, 0.3) is 0 Å². The van der Waals surface area contributed by atoms with Gasteiger partial charge in [0.15, 0.2) is 17.5 Å². The van der Waals surface area contributed by atoms with Crippen molar-refractivity contribution in [1.29, 1.82) is 0 Å². The summed E-state index contributed by atoms with van der Waals surface area (Å²) in [5, 5.41) is 6.61. The Balaban J connectivity index is 1.86. The molecule has 0 spiro atoms. The van der Waals surface area contributed by atoms with E-state index in [0.29, 0.717) is 24.1 Å². The number of hydrogen-bond acceptors (Lipinski definition) is 4. The molecular weight excluding hydrogens is 342 g/mol. The van der Waals surface area contributed by atoms with E-state index in [1.165, 1.54) is 5.56 Å². The summed E-state index contributed by atoms with van der Waals surface area (Å²) in [6, 6.07) is 13.9. The number of methoxy groups -OCH3 is 2. The molecule has 6 nitrogen and oxygen atoms in total. The van der Waals surface area contributed by atoms with Gasteiger partial charge in [-0.15, -0.1) is 0 Å². The van der Waals surface area contributed by atoms with Crippen LogP contribution >= 0.6 is 0 Å². The van der Waals surface area contributed by atoms with Gasteiger partial charge >= 0.3 is 0 Å². The van der Waals surface area contributed by atoms with E-state index in [2.05, 4.69) is 27.8 Å². The molecule has 2 rings (SSSR count). The van der Waals surface area contributed by atoms with Crippen LogP contribution in [0.4, 0.5) is 5.69 Å². The van der Waals surface area contributed by atoms with Gasteiger partial charge in [0.25, 0.3) is 0 Å². The highest BCUT2D eigenvalue weighted by molar-refractivity contribution is 5.93. The summed E-state index contributed by atoms with van der Waals surface area (Å²) >= 11 is 0. The molecule has 0 aliphatic heterocycles. The van der Waals surface area contributed by atoms with Crippen LogP contribution in [0.3, 0.4) is 0 Å². The number of rotatable bonds is 9. The lowest BCUT2D eigenvalue weighted by atomic mass is 10.1. The van der Waals surface area contributed by atoms with Crippen LogP contribution in [0.1, 0.15) is 18.9 Å². The monoisotopic (exact) mass is 371 g/mol. The number of benzene rings is 2. The van der Waals surface area contributed by atoms with Gasteiger partial charge in [-0.1, -0.05) is 12.1 Å². The lowest BCUT2D eigenvalue weighted by Crippen LogP contribution is -2.31. The zero-order valence-electron chi connectivity index (χ0n) is 16.5. The van der Waals surface area contributed by atoms with Crippen LogP contribution in [0, 0.1) is 0 Å². The van der Waals surface area contributed by atoms with Crippen molar-refractivity contribution >= 4 is 11.6 Å². The summed E-state index contributed by atoms with van der Waals surface area (Å²) in [7, 11) is 5.07. The quantitative estimate of drug-likeness (QED) is 0.400. The lowest BCUT2D eigenvalue weighted by Gasteiger charge is -2.14. The Morgan fingerprint density at radius 2 is 1.89 bits per heavy atom. The minimum absolute atomic E-state index is 0.580. The second kappa shape index (κ2) is 11.0. The molecule has 0 amide bonds. The molecule has 0 atom stereocenters. The molecule has 2 N–H and O–H groups in total. The molecule has 0 heterocycles. The van der Waals surface area contributed by atoms with Gasteiger partial charge in [0, 0.05) is 25.3 Å². The molecule has 6 heteroatoms. The SMILES string of the molecule is CCOc1cc(NC(=NC)NCCCc2cccc(OC)c2)ccc1OC. The molecule has 0 saturated carbocycles. The molecule has 27 heavy (non-hydrogen) atoms. The average molecular weight is 371 g/mol. The fraction of sp³-hybridized carbons (Fsp3) is 0.381. The third kappa shape index (κ3) is 6.40. The van der Waals surface area contributed by atoms with E-state index >= 15 is 0 Å². The molecule has 0 saturated heterocycles. The lowest BCUT2D eigenvalue weighted by molar-refractivity contribution is 0.311. The smallest absolute Gasteiger partial charge is 0.195 e. The van der Waals surface area contributed by atoms with E-state index in [1.54, 1.807) is 21.3 Å². The first kappa shape index (κ1) is 20.4. The summed E-state index contributed by atoms with van der Waals surface area (Å²) < 4.78 is 16.2. The summed E-state index contributed by atoms with van der Waals surface area (Å²) in [5.41, 5.74) is 2.15. The third-order valence-electron chi connectivity index (χ3n) is 4.02. The van der Waals surface area contributed by atoms with Crippen LogP contribution in [-0.2, 0) is 6.42 Å². The highest BCUT2D eigenvalue weighted by Gasteiger charge is 2.07. The van der Waals surface area contributed by atoms with Crippen LogP contribution < -0.4 is 24.8 Å². The Morgan fingerprint density at radius 3 is 2.59 bits per heavy atom. The van der Waals surface area contributed by atoms with Gasteiger partial charge in [-0.2, -0.15) is 0 Å². The van der Waals surface area contributed by atoms with Crippen molar-refractivity contribution in [1.82, 2.24) is 5.32 Å². The summed E-state index contributed by atoms with van der Waals surface area (Å²) in [6.07, 6.45) is 1.96. The minimum atomic E-state index is 0.580. The van der Waals surface area contributed by atoms with Crippen molar-refractivity contribution in [2.45, 2.75) is 19.8 Å². The summed E-state index contributed by atoms with van der Waals surface area (Å²) in [5.74, 6) is 3.03. The molecule has 2 aromatic carbocycles. The molecule has 146 valence electrons. The van der Waals surface area contributed by atoms with Crippen molar-refractivity contribution in [2.24, 2.45) is 4.99 Å². The maximum Gasteiger partial charge on any atom is 0.195 e. The van der Waals surface area contributed by atoms with Gasteiger partial charge in [-0.25, -0.2) is 0 Å². The van der Waals surface area contributed by atoms with Crippen molar-refractivity contribution in [3.8, 4) is 17.2 Å². The topological polar surface area (TPSA) is 64.1 Å². The number of aliphatic imine (C=N–C) groups is 1. The Kier molecular flexibility index (Phi) is 8.29. The average Bonchev–Trinajstić information content (AvgIpc) is 2.71. The number of hydrogen-bond donors (Lipinski definition) is 2. The number of guanidine groups is 1.